The lowest BCUT2D eigenvalue weighted by Gasteiger charge is -2.47. The molecule has 76 valence electrons. The Hall–Kier alpha value is -0.870. The van der Waals surface area contributed by atoms with Gasteiger partial charge in [0.25, 0.3) is 0 Å². The molecule has 4 nitrogen and oxygen atoms in total. The molecule has 0 aromatic carbocycles. The zero-order valence-electron chi connectivity index (χ0n) is 8.20. The number of hydrogen-bond acceptors (Lipinski definition) is 4. The van der Waals surface area contributed by atoms with Crippen LogP contribution in [0.25, 0.3) is 0 Å². The Kier molecular flexibility index (Phi) is 2.33. The topological polar surface area (TPSA) is 38.2 Å². The lowest BCUT2D eigenvalue weighted by molar-refractivity contribution is -0.0172. The Morgan fingerprint density at radius 3 is 2.64 bits per heavy atom. The Morgan fingerprint density at radius 2 is 2.14 bits per heavy atom. The molecular weight excluding hydrogens is 202 g/mol. The molecule has 0 N–H and O–H groups in total. The molecule has 1 fully saturated rings. The van der Waals surface area contributed by atoms with Gasteiger partial charge in [0.2, 0.25) is 0 Å². The summed E-state index contributed by atoms with van der Waals surface area (Å²) in [7, 11) is 1.73. The van der Waals surface area contributed by atoms with Gasteiger partial charge in [-0.3, -0.25) is 0 Å². The Morgan fingerprint density at radius 1 is 1.43 bits per heavy atom. The minimum absolute atomic E-state index is 0.0404. The second-order valence-corrected chi connectivity index (χ2v) is 4.11. The van der Waals surface area contributed by atoms with Crippen LogP contribution in [0, 0.1) is 0 Å². The van der Waals surface area contributed by atoms with Crippen molar-refractivity contribution in [1.82, 2.24) is 10.2 Å². The number of halogens is 1. The number of nitrogens with zero attached hydrogens (tertiary/aromatic N) is 3. The molecule has 1 aromatic heterocycles. The van der Waals surface area contributed by atoms with Crippen molar-refractivity contribution >= 4 is 17.4 Å². The molecule has 1 aliphatic heterocycles. The van der Waals surface area contributed by atoms with Crippen molar-refractivity contribution in [3.63, 3.8) is 0 Å². The predicted molar refractivity (Wildman–Crippen MR) is 54.7 cm³/mol. The first-order valence-electron chi connectivity index (χ1n) is 4.42. The van der Waals surface area contributed by atoms with Gasteiger partial charge in [-0.05, 0) is 19.1 Å². The number of aromatic nitrogens is 2. The van der Waals surface area contributed by atoms with Crippen molar-refractivity contribution in [1.29, 1.82) is 0 Å². The molecule has 14 heavy (non-hydrogen) atoms. The Balaban J connectivity index is 2.03. The van der Waals surface area contributed by atoms with Gasteiger partial charge in [-0.2, -0.15) is 0 Å². The van der Waals surface area contributed by atoms with Gasteiger partial charge in [0.05, 0.1) is 18.7 Å². The summed E-state index contributed by atoms with van der Waals surface area (Å²) in [6.07, 6.45) is 0. The summed E-state index contributed by atoms with van der Waals surface area (Å²) in [5.41, 5.74) is -0.0404. The SMILES string of the molecule is COC1(C)CN(c2ccc(Cl)nn2)C1. The van der Waals surface area contributed by atoms with Crippen molar-refractivity contribution in [2.24, 2.45) is 0 Å². The molecule has 0 spiro atoms. The second-order valence-electron chi connectivity index (χ2n) is 3.72. The van der Waals surface area contributed by atoms with E-state index in [0.717, 1.165) is 18.9 Å². The number of methoxy groups -OCH3 is 1. The molecule has 1 aromatic rings. The molecular formula is C9H12ClN3O. The summed E-state index contributed by atoms with van der Waals surface area (Å²) in [5, 5.41) is 8.20. The zero-order chi connectivity index (χ0) is 10.2. The van der Waals surface area contributed by atoms with E-state index in [9.17, 15) is 0 Å². The van der Waals surface area contributed by atoms with Crippen molar-refractivity contribution < 1.29 is 4.74 Å². The lowest BCUT2D eigenvalue weighted by Crippen LogP contribution is -2.61. The van der Waals surface area contributed by atoms with Crippen LogP contribution in [0.5, 0.6) is 0 Å². The number of rotatable bonds is 2. The van der Waals surface area contributed by atoms with Crippen LogP contribution in [-0.4, -0.2) is 36.0 Å². The third-order valence-electron chi connectivity index (χ3n) is 2.49. The highest BCUT2D eigenvalue weighted by Gasteiger charge is 2.39. The normalized spacial score (nSPS) is 19.2. The highest BCUT2D eigenvalue weighted by atomic mass is 35.5. The van der Waals surface area contributed by atoms with Crippen molar-refractivity contribution in [2.45, 2.75) is 12.5 Å². The largest absolute Gasteiger partial charge is 0.375 e. The van der Waals surface area contributed by atoms with E-state index >= 15 is 0 Å². The van der Waals surface area contributed by atoms with Crippen LogP contribution >= 0.6 is 11.6 Å². The fourth-order valence-electron chi connectivity index (χ4n) is 1.53. The average molecular weight is 214 g/mol. The third kappa shape index (κ3) is 1.67. The lowest BCUT2D eigenvalue weighted by atomic mass is 9.97. The van der Waals surface area contributed by atoms with E-state index in [2.05, 4.69) is 22.0 Å². The molecule has 5 heteroatoms. The molecule has 2 rings (SSSR count). The van der Waals surface area contributed by atoms with Gasteiger partial charge in [-0.1, -0.05) is 11.6 Å². The van der Waals surface area contributed by atoms with Crippen LogP contribution in [0.3, 0.4) is 0 Å². The Bertz CT molecular complexity index is 321. The maximum Gasteiger partial charge on any atom is 0.151 e. The molecule has 0 unspecified atom stereocenters. The van der Waals surface area contributed by atoms with E-state index in [1.54, 1.807) is 13.2 Å². The maximum absolute atomic E-state index is 5.64. The molecule has 0 radical (unpaired) electrons. The molecule has 0 amide bonds. The first kappa shape index (κ1) is 9.68. The van der Waals surface area contributed by atoms with Crippen molar-refractivity contribution in [3.05, 3.63) is 17.3 Å². The van der Waals surface area contributed by atoms with Crippen molar-refractivity contribution in [3.8, 4) is 0 Å². The molecule has 0 saturated carbocycles. The van der Waals surface area contributed by atoms with Crippen LogP contribution < -0.4 is 4.90 Å². The molecule has 1 saturated heterocycles. The monoisotopic (exact) mass is 213 g/mol. The van der Waals surface area contributed by atoms with Crippen LogP contribution in [0.15, 0.2) is 12.1 Å². The van der Waals surface area contributed by atoms with Crippen LogP contribution in [0.2, 0.25) is 5.15 Å². The molecule has 2 heterocycles. The van der Waals surface area contributed by atoms with E-state index in [0.29, 0.717) is 5.15 Å². The van der Waals surface area contributed by atoms with Gasteiger partial charge in [-0.25, -0.2) is 0 Å². The fraction of sp³-hybridized carbons (Fsp3) is 0.556. The number of anilines is 1. The Labute approximate surface area is 87.8 Å². The number of ether oxygens (including phenoxy) is 1. The summed E-state index contributed by atoms with van der Waals surface area (Å²) < 4.78 is 5.33. The summed E-state index contributed by atoms with van der Waals surface area (Å²) >= 11 is 5.64. The summed E-state index contributed by atoms with van der Waals surface area (Å²) in [5.74, 6) is 0.851. The van der Waals surface area contributed by atoms with Crippen LogP contribution in [-0.2, 0) is 4.74 Å². The standard InChI is InChI=1S/C9H12ClN3O/c1-9(14-2)5-13(6-9)8-4-3-7(10)11-12-8/h3-4H,5-6H2,1-2H3. The van der Waals surface area contributed by atoms with E-state index in [1.807, 2.05) is 6.07 Å². The summed E-state index contributed by atoms with van der Waals surface area (Å²) in [6, 6.07) is 3.61. The quantitative estimate of drug-likeness (QED) is 0.744. The van der Waals surface area contributed by atoms with E-state index in [4.69, 9.17) is 16.3 Å². The molecule has 0 atom stereocenters. The molecule has 0 aliphatic carbocycles. The van der Waals surface area contributed by atoms with Gasteiger partial charge in [0.15, 0.2) is 11.0 Å². The third-order valence-corrected chi connectivity index (χ3v) is 2.69. The van der Waals surface area contributed by atoms with Gasteiger partial charge >= 0.3 is 0 Å². The highest BCUT2D eigenvalue weighted by molar-refractivity contribution is 6.29. The average Bonchev–Trinajstić information content (AvgIpc) is 2.15. The fourth-order valence-corrected chi connectivity index (χ4v) is 1.63. The summed E-state index contributed by atoms with van der Waals surface area (Å²) in [6.45, 7) is 3.77. The van der Waals surface area contributed by atoms with Crippen molar-refractivity contribution in [2.75, 3.05) is 25.1 Å². The van der Waals surface area contributed by atoms with E-state index < -0.39 is 0 Å². The van der Waals surface area contributed by atoms with Crippen LogP contribution in [0.1, 0.15) is 6.92 Å². The zero-order valence-corrected chi connectivity index (χ0v) is 8.95. The summed E-state index contributed by atoms with van der Waals surface area (Å²) in [4.78, 5) is 2.10. The molecule has 0 bridgehead atoms. The smallest absolute Gasteiger partial charge is 0.151 e. The second kappa shape index (κ2) is 3.37. The van der Waals surface area contributed by atoms with E-state index in [1.165, 1.54) is 0 Å². The highest BCUT2D eigenvalue weighted by Crippen LogP contribution is 2.27. The minimum Gasteiger partial charge on any atom is -0.375 e. The minimum atomic E-state index is -0.0404. The van der Waals surface area contributed by atoms with Crippen LogP contribution in [0.4, 0.5) is 5.82 Å². The molecule has 1 aliphatic rings. The first-order valence-corrected chi connectivity index (χ1v) is 4.80. The first-order chi connectivity index (χ1) is 6.63. The van der Waals surface area contributed by atoms with Gasteiger partial charge in [0.1, 0.15) is 0 Å². The van der Waals surface area contributed by atoms with Gasteiger partial charge in [-0.15, -0.1) is 10.2 Å². The predicted octanol–water partition coefficient (Wildman–Crippen LogP) is 1.36. The van der Waals surface area contributed by atoms with E-state index in [-0.39, 0.29) is 5.60 Å². The number of hydrogen-bond donors (Lipinski definition) is 0. The maximum atomic E-state index is 5.64. The van der Waals surface area contributed by atoms with Gasteiger partial charge in [0, 0.05) is 7.11 Å². The van der Waals surface area contributed by atoms with Gasteiger partial charge < -0.3 is 9.64 Å².